The van der Waals surface area contributed by atoms with E-state index in [0.717, 1.165) is 0 Å². The van der Waals surface area contributed by atoms with Crippen LogP contribution in [0.1, 0.15) is 5.56 Å². The van der Waals surface area contributed by atoms with Gasteiger partial charge >= 0.3 is 0 Å². The first-order valence-corrected chi connectivity index (χ1v) is 3.76. The highest BCUT2D eigenvalue weighted by molar-refractivity contribution is 5.92. The third-order valence-corrected chi connectivity index (χ3v) is 1.58. The minimum absolute atomic E-state index is 0.297. The molecule has 0 unspecified atom stereocenters. The number of nitrogen functional groups attached to an aromatic ring is 2. The van der Waals surface area contributed by atoms with E-state index in [1.54, 1.807) is 0 Å². The van der Waals surface area contributed by atoms with E-state index in [9.17, 15) is 0 Å². The lowest BCUT2D eigenvalue weighted by Crippen LogP contribution is -1.93. The van der Waals surface area contributed by atoms with Gasteiger partial charge in [0.25, 0.3) is 0 Å². The predicted octanol–water partition coefficient (Wildman–Crippen LogP) is -0.557. The van der Waals surface area contributed by atoms with Gasteiger partial charge in [0, 0.05) is 6.21 Å². The maximum Gasteiger partial charge on any atom is 0.245 e. The van der Waals surface area contributed by atoms with Crippen LogP contribution in [-0.2, 0) is 0 Å². The average molecular weight is 192 g/mol. The van der Waals surface area contributed by atoms with E-state index in [4.69, 9.17) is 11.5 Å². The number of nitrogens with zero attached hydrogens (tertiary/aromatic N) is 4. The standard InChI is InChI=1S/C6H8N8/c7-4-3(5(8)13-12-4)1-9-6-10-2-11-14-6/h1-2H,(H,10,11,14)(H5,7,8,12,13)/b9-1+. The third kappa shape index (κ3) is 1.40. The molecule has 0 radical (unpaired) electrons. The highest BCUT2D eigenvalue weighted by Crippen LogP contribution is 2.12. The number of rotatable bonds is 2. The Bertz CT molecular complexity index is 419. The molecule has 0 saturated carbocycles. The highest BCUT2D eigenvalue weighted by Gasteiger charge is 2.04. The van der Waals surface area contributed by atoms with Crippen LogP contribution in [0.3, 0.4) is 0 Å². The smallest absolute Gasteiger partial charge is 0.245 e. The number of aromatic nitrogens is 5. The molecule has 0 aliphatic heterocycles. The summed E-state index contributed by atoms with van der Waals surface area (Å²) in [5.41, 5.74) is 11.6. The van der Waals surface area contributed by atoms with E-state index < -0.39 is 0 Å². The molecule has 0 spiro atoms. The fourth-order valence-electron chi connectivity index (χ4n) is 0.901. The number of nitrogens with one attached hydrogen (secondary N) is 2. The monoisotopic (exact) mass is 192 g/mol. The van der Waals surface area contributed by atoms with Crippen LogP contribution in [-0.4, -0.2) is 31.6 Å². The van der Waals surface area contributed by atoms with Gasteiger partial charge in [0.1, 0.15) is 12.1 Å². The van der Waals surface area contributed by atoms with Crippen LogP contribution in [0.5, 0.6) is 0 Å². The fraction of sp³-hybridized carbons (Fsp3) is 0. The molecule has 2 heterocycles. The highest BCUT2D eigenvalue weighted by atomic mass is 15.2. The van der Waals surface area contributed by atoms with Gasteiger partial charge in [-0.15, -0.1) is 0 Å². The van der Waals surface area contributed by atoms with Crippen LogP contribution < -0.4 is 11.5 Å². The Morgan fingerprint density at radius 1 is 1.36 bits per heavy atom. The maximum atomic E-state index is 5.55. The lowest BCUT2D eigenvalue weighted by molar-refractivity contribution is 1.08. The molecule has 0 bridgehead atoms. The zero-order valence-corrected chi connectivity index (χ0v) is 7.10. The molecule has 0 atom stereocenters. The van der Waals surface area contributed by atoms with Gasteiger partial charge in [0.2, 0.25) is 5.95 Å². The molecule has 0 aromatic carbocycles. The van der Waals surface area contributed by atoms with Crippen molar-refractivity contribution in [1.82, 2.24) is 25.4 Å². The summed E-state index contributed by atoms with van der Waals surface area (Å²) < 4.78 is 0. The molecular weight excluding hydrogens is 184 g/mol. The van der Waals surface area contributed by atoms with E-state index in [0.29, 0.717) is 23.1 Å². The summed E-state index contributed by atoms with van der Waals surface area (Å²) in [6.45, 7) is 0. The minimum Gasteiger partial charge on any atom is -0.383 e. The number of aliphatic imine (C=N–C) groups is 1. The van der Waals surface area contributed by atoms with Crippen molar-refractivity contribution < 1.29 is 0 Å². The second-order valence-corrected chi connectivity index (χ2v) is 2.50. The normalized spacial score (nSPS) is 11.1. The summed E-state index contributed by atoms with van der Waals surface area (Å²) in [5.74, 6) is 1.04. The molecule has 72 valence electrons. The Morgan fingerprint density at radius 3 is 2.79 bits per heavy atom. The first kappa shape index (κ1) is 8.23. The van der Waals surface area contributed by atoms with Gasteiger partial charge in [0.05, 0.1) is 5.56 Å². The third-order valence-electron chi connectivity index (χ3n) is 1.58. The molecule has 0 saturated heterocycles. The van der Waals surface area contributed by atoms with Crippen LogP contribution in [0.2, 0.25) is 0 Å². The summed E-state index contributed by atoms with van der Waals surface area (Å²) in [5, 5.41) is 12.4. The second kappa shape index (κ2) is 3.17. The van der Waals surface area contributed by atoms with Gasteiger partial charge in [-0.25, -0.2) is 10.1 Å². The molecule has 0 fully saturated rings. The van der Waals surface area contributed by atoms with Crippen molar-refractivity contribution in [2.24, 2.45) is 4.99 Å². The molecular formula is C6H8N8. The van der Waals surface area contributed by atoms with Gasteiger partial charge in [-0.2, -0.15) is 15.2 Å². The van der Waals surface area contributed by atoms with E-state index in [1.165, 1.54) is 12.5 Å². The summed E-state index contributed by atoms with van der Waals surface area (Å²) in [7, 11) is 0. The number of nitrogens with two attached hydrogens (primary N) is 2. The first-order valence-electron chi connectivity index (χ1n) is 3.76. The Labute approximate surface area is 78.4 Å². The Balaban J connectivity index is 2.26. The van der Waals surface area contributed by atoms with Crippen molar-refractivity contribution in [3.8, 4) is 0 Å². The Morgan fingerprint density at radius 2 is 2.21 bits per heavy atom. The fourth-order valence-corrected chi connectivity index (χ4v) is 0.901. The second-order valence-electron chi connectivity index (χ2n) is 2.50. The number of H-pyrrole nitrogens is 2. The summed E-state index contributed by atoms with van der Waals surface area (Å²) >= 11 is 0. The van der Waals surface area contributed by atoms with E-state index in [2.05, 4.69) is 30.4 Å². The summed E-state index contributed by atoms with van der Waals surface area (Å²) in [6, 6.07) is 0. The number of aromatic amines is 2. The van der Waals surface area contributed by atoms with Gasteiger partial charge in [-0.3, -0.25) is 5.10 Å². The molecule has 8 nitrogen and oxygen atoms in total. The Kier molecular flexibility index (Phi) is 1.86. The summed E-state index contributed by atoms with van der Waals surface area (Å²) in [6.07, 6.45) is 2.82. The van der Waals surface area contributed by atoms with Crippen LogP contribution >= 0.6 is 0 Å². The Hall–Kier alpha value is -2.38. The van der Waals surface area contributed by atoms with Crippen LogP contribution in [0.15, 0.2) is 11.3 Å². The van der Waals surface area contributed by atoms with Crippen molar-refractivity contribution in [2.75, 3.05) is 11.5 Å². The van der Waals surface area contributed by atoms with Gasteiger partial charge in [0.15, 0.2) is 5.82 Å². The van der Waals surface area contributed by atoms with Gasteiger partial charge in [-0.1, -0.05) is 0 Å². The molecule has 0 aliphatic carbocycles. The van der Waals surface area contributed by atoms with Gasteiger partial charge in [-0.05, 0) is 0 Å². The number of hydrogen-bond donors (Lipinski definition) is 4. The zero-order valence-electron chi connectivity index (χ0n) is 7.10. The lowest BCUT2D eigenvalue weighted by Gasteiger charge is -1.89. The lowest BCUT2D eigenvalue weighted by atomic mass is 10.3. The quantitative estimate of drug-likeness (QED) is 0.473. The number of hydrogen-bond acceptors (Lipinski definition) is 6. The van der Waals surface area contributed by atoms with Crippen molar-refractivity contribution in [3.05, 3.63) is 11.9 Å². The van der Waals surface area contributed by atoms with Gasteiger partial charge < -0.3 is 11.5 Å². The molecule has 0 amide bonds. The van der Waals surface area contributed by atoms with Crippen molar-refractivity contribution >= 4 is 23.8 Å². The maximum absolute atomic E-state index is 5.55. The molecule has 6 N–H and O–H groups in total. The molecule has 2 rings (SSSR count). The SMILES string of the molecule is Nc1n[nH]c(N)c1/C=N/c1ncn[nH]1. The topological polar surface area (TPSA) is 135 Å². The summed E-state index contributed by atoms with van der Waals surface area (Å²) in [4.78, 5) is 7.75. The molecule has 2 aromatic heterocycles. The van der Waals surface area contributed by atoms with E-state index in [-0.39, 0.29) is 0 Å². The van der Waals surface area contributed by atoms with Crippen molar-refractivity contribution in [3.63, 3.8) is 0 Å². The predicted molar refractivity (Wildman–Crippen MR) is 51.0 cm³/mol. The van der Waals surface area contributed by atoms with Crippen molar-refractivity contribution in [2.45, 2.75) is 0 Å². The van der Waals surface area contributed by atoms with Crippen molar-refractivity contribution in [1.29, 1.82) is 0 Å². The molecule has 8 heteroatoms. The molecule has 0 aliphatic rings. The minimum atomic E-state index is 0.297. The van der Waals surface area contributed by atoms with Crippen LogP contribution in [0.25, 0.3) is 0 Å². The number of anilines is 2. The van der Waals surface area contributed by atoms with E-state index >= 15 is 0 Å². The molecule has 14 heavy (non-hydrogen) atoms. The first-order chi connectivity index (χ1) is 6.77. The zero-order chi connectivity index (χ0) is 9.97. The van der Waals surface area contributed by atoms with E-state index in [1.807, 2.05) is 0 Å². The largest absolute Gasteiger partial charge is 0.383 e. The average Bonchev–Trinajstić information content (AvgIpc) is 2.76. The van der Waals surface area contributed by atoms with Crippen LogP contribution in [0.4, 0.5) is 17.6 Å². The molecule has 2 aromatic rings. The van der Waals surface area contributed by atoms with Crippen LogP contribution in [0, 0.1) is 0 Å².